The zero-order valence-corrected chi connectivity index (χ0v) is 12.2. The van der Waals surface area contributed by atoms with E-state index < -0.39 is 0 Å². The molecule has 0 aliphatic heterocycles. The summed E-state index contributed by atoms with van der Waals surface area (Å²) in [4.78, 5) is 8.11. The molecule has 1 aromatic carbocycles. The lowest BCUT2D eigenvalue weighted by atomic mass is 10.1. The molecule has 0 saturated heterocycles. The molecule has 0 amide bonds. The maximum Gasteiger partial charge on any atom is 0.147 e. The van der Waals surface area contributed by atoms with Crippen LogP contribution >= 0.6 is 0 Å². The van der Waals surface area contributed by atoms with Crippen molar-refractivity contribution in [3.63, 3.8) is 0 Å². The lowest BCUT2D eigenvalue weighted by molar-refractivity contribution is 0.391. The first-order valence-electron chi connectivity index (χ1n) is 6.36. The molecule has 21 heavy (non-hydrogen) atoms. The van der Waals surface area contributed by atoms with Crippen LogP contribution < -0.4 is 14.8 Å². The number of nitrogens with one attached hydrogen (secondary N) is 1. The number of anilines is 1. The van der Waals surface area contributed by atoms with Gasteiger partial charge in [-0.3, -0.25) is 0 Å². The second-order valence-corrected chi connectivity index (χ2v) is 4.33. The molecule has 1 aromatic heterocycles. The van der Waals surface area contributed by atoms with Gasteiger partial charge in [0.05, 0.1) is 19.9 Å². The molecule has 0 spiro atoms. The molecular formula is C15H16N4O2. The van der Waals surface area contributed by atoms with Crippen LogP contribution in [0, 0.1) is 18.3 Å². The van der Waals surface area contributed by atoms with Crippen LogP contribution in [0.25, 0.3) is 0 Å². The fourth-order valence-electron chi connectivity index (χ4n) is 1.92. The van der Waals surface area contributed by atoms with Crippen LogP contribution in [0.3, 0.4) is 0 Å². The first-order valence-corrected chi connectivity index (χ1v) is 6.36. The lowest BCUT2D eigenvalue weighted by Crippen LogP contribution is -2.06. The predicted octanol–water partition coefficient (Wildman–Crippen LogP) is 2.29. The fraction of sp³-hybridized carbons (Fsp3) is 0.267. The topological polar surface area (TPSA) is 80.1 Å². The molecular weight excluding hydrogens is 268 g/mol. The maximum atomic E-state index is 9.15. The molecule has 0 saturated carbocycles. The lowest BCUT2D eigenvalue weighted by Gasteiger charge is -2.12. The van der Waals surface area contributed by atoms with Gasteiger partial charge in [-0.2, -0.15) is 5.26 Å². The Bertz CT molecular complexity index is 680. The van der Waals surface area contributed by atoms with Crippen molar-refractivity contribution in [1.82, 2.24) is 9.97 Å². The van der Waals surface area contributed by atoms with Gasteiger partial charge >= 0.3 is 0 Å². The average Bonchev–Trinajstić information content (AvgIpc) is 2.52. The maximum absolute atomic E-state index is 9.15. The zero-order valence-electron chi connectivity index (χ0n) is 12.2. The Balaban J connectivity index is 2.21. The molecule has 2 rings (SSSR count). The Morgan fingerprint density at radius 3 is 2.71 bits per heavy atom. The SMILES string of the molecule is COc1ccc(CNc2ncnc(C)c2C#N)c(OC)c1. The van der Waals surface area contributed by atoms with Crippen molar-refractivity contribution in [1.29, 1.82) is 5.26 Å². The monoisotopic (exact) mass is 284 g/mol. The van der Waals surface area contributed by atoms with E-state index in [2.05, 4.69) is 21.4 Å². The van der Waals surface area contributed by atoms with E-state index in [0.717, 1.165) is 11.3 Å². The number of nitrogens with zero attached hydrogens (tertiary/aromatic N) is 3. The van der Waals surface area contributed by atoms with Gasteiger partial charge in [-0.15, -0.1) is 0 Å². The second-order valence-electron chi connectivity index (χ2n) is 4.33. The average molecular weight is 284 g/mol. The summed E-state index contributed by atoms with van der Waals surface area (Å²) < 4.78 is 10.5. The molecule has 1 N–H and O–H groups in total. The number of aromatic nitrogens is 2. The van der Waals surface area contributed by atoms with Gasteiger partial charge < -0.3 is 14.8 Å². The molecule has 0 aliphatic rings. The largest absolute Gasteiger partial charge is 0.497 e. The number of aryl methyl sites for hydroxylation is 1. The van der Waals surface area contributed by atoms with E-state index in [4.69, 9.17) is 14.7 Å². The molecule has 6 heteroatoms. The van der Waals surface area contributed by atoms with Crippen LogP contribution in [0.1, 0.15) is 16.8 Å². The third kappa shape index (κ3) is 3.20. The molecule has 1 heterocycles. The molecule has 0 aliphatic carbocycles. The predicted molar refractivity (Wildman–Crippen MR) is 78.4 cm³/mol. The minimum absolute atomic E-state index is 0.449. The van der Waals surface area contributed by atoms with Gasteiger partial charge in [0, 0.05) is 18.2 Å². The summed E-state index contributed by atoms with van der Waals surface area (Å²) >= 11 is 0. The fourth-order valence-corrected chi connectivity index (χ4v) is 1.92. The Morgan fingerprint density at radius 1 is 1.24 bits per heavy atom. The van der Waals surface area contributed by atoms with E-state index in [1.807, 2.05) is 18.2 Å². The molecule has 0 atom stereocenters. The molecule has 6 nitrogen and oxygen atoms in total. The normalized spacial score (nSPS) is 9.81. The van der Waals surface area contributed by atoms with Crippen LogP contribution in [-0.2, 0) is 6.54 Å². The highest BCUT2D eigenvalue weighted by molar-refractivity contribution is 5.54. The number of hydrogen-bond donors (Lipinski definition) is 1. The van der Waals surface area contributed by atoms with Crippen LogP contribution in [0.5, 0.6) is 11.5 Å². The third-order valence-corrected chi connectivity index (χ3v) is 3.09. The Hall–Kier alpha value is -2.81. The smallest absolute Gasteiger partial charge is 0.147 e. The first kappa shape index (κ1) is 14.6. The van der Waals surface area contributed by atoms with Crippen molar-refractivity contribution in [3.8, 4) is 17.6 Å². The van der Waals surface area contributed by atoms with Gasteiger partial charge in [0.25, 0.3) is 0 Å². The van der Waals surface area contributed by atoms with Crippen LogP contribution in [0.4, 0.5) is 5.82 Å². The standard InChI is InChI=1S/C15H16N4O2/c1-10-13(7-16)15(19-9-18-10)17-8-11-4-5-12(20-2)6-14(11)21-3/h4-6,9H,8H2,1-3H3,(H,17,18,19). The van der Waals surface area contributed by atoms with Crippen molar-refractivity contribution in [3.05, 3.63) is 41.3 Å². The van der Waals surface area contributed by atoms with Gasteiger partial charge in [-0.25, -0.2) is 9.97 Å². The zero-order chi connectivity index (χ0) is 15.2. The number of hydrogen-bond acceptors (Lipinski definition) is 6. The second kappa shape index (κ2) is 6.57. The van der Waals surface area contributed by atoms with Crippen molar-refractivity contribution in [2.45, 2.75) is 13.5 Å². The van der Waals surface area contributed by atoms with Crippen LogP contribution in [-0.4, -0.2) is 24.2 Å². The quantitative estimate of drug-likeness (QED) is 0.907. The van der Waals surface area contributed by atoms with E-state index in [0.29, 0.717) is 29.4 Å². The Kier molecular flexibility index (Phi) is 4.57. The number of benzene rings is 1. The summed E-state index contributed by atoms with van der Waals surface area (Å²) in [5.74, 6) is 1.96. The van der Waals surface area contributed by atoms with Crippen LogP contribution in [0.2, 0.25) is 0 Å². The van der Waals surface area contributed by atoms with E-state index >= 15 is 0 Å². The van der Waals surface area contributed by atoms with E-state index in [9.17, 15) is 0 Å². The van der Waals surface area contributed by atoms with Gasteiger partial charge in [0.2, 0.25) is 0 Å². The molecule has 2 aromatic rings. The third-order valence-electron chi connectivity index (χ3n) is 3.09. The van der Waals surface area contributed by atoms with Crippen molar-refractivity contribution in [2.24, 2.45) is 0 Å². The highest BCUT2D eigenvalue weighted by Crippen LogP contribution is 2.25. The van der Waals surface area contributed by atoms with E-state index in [1.165, 1.54) is 6.33 Å². The molecule has 0 fully saturated rings. The minimum atomic E-state index is 0.449. The summed E-state index contributed by atoms with van der Waals surface area (Å²) in [5.41, 5.74) is 2.04. The number of nitriles is 1. The molecule has 108 valence electrons. The molecule has 0 unspecified atom stereocenters. The van der Waals surface area contributed by atoms with Crippen molar-refractivity contribution >= 4 is 5.82 Å². The van der Waals surface area contributed by atoms with Gasteiger partial charge in [0.15, 0.2) is 0 Å². The molecule has 0 radical (unpaired) electrons. The summed E-state index contributed by atoms with van der Waals surface area (Å²) in [5, 5.41) is 12.3. The molecule has 0 bridgehead atoms. The highest BCUT2D eigenvalue weighted by Gasteiger charge is 2.09. The van der Waals surface area contributed by atoms with Gasteiger partial charge in [-0.05, 0) is 19.1 Å². The van der Waals surface area contributed by atoms with Gasteiger partial charge in [0.1, 0.15) is 35.3 Å². The number of ether oxygens (including phenoxy) is 2. The first-order chi connectivity index (χ1) is 10.2. The summed E-state index contributed by atoms with van der Waals surface area (Å²) in [6.07, 6.45) is 1.43. The Morgan fingerprint density at radius 2 is 2.05 bits per heavy atom. The van der Waals surface area contributed by atoms with Crippen LogP contribution in [0.15, 0.2) is 24.5 Å². The summed E-state index contributed by atoms with van der Waals surface area (Å²) in [6, 6.07) is 7.69. The summed E-state index contributed by atoms with van der Waals surface area (Å²) in [6.45, 7) is 2.26. The van der Waals surface area contributed by atoms with Crippen molar-refractivity contribution in [2.75, 3.05) is 19.5 Å². The number of rotatable bonds is 5. The minimum Gasteiger partial charge on any atom is -0.497 e. The van der Waals surface area contributed by atoms with Gasteiger partial charge in [-0.1, -0.05) is 0 Å². The number of methoxy groups -OCH3 is 2. The van der Waals surface area contributed by atoms with E-state index in [1.54, 1.807) is 21.1 Å². The highest BCUT2D eigenvalue weighted by atomic mass is 16.5. The Labute approximate surface area is 123 Å². The summed E-state index contributed by atoms with van der Waals surface area (Å²) in [7, 11) is 3.21. The van der Waals surface area contributed by atoms with Crippen molar-refractivity contribution < 1.29 is 9.47 Å². The van der Waals surface area contributed by atoms with E-state index in [-0.39, 0.29) is 0 Å².